The summed E-state index contributed by atoms with van der Waals surface area (Å²) in [6.07, 6.45) is 2.94. The van der Waals surface area contributed by atoms with E-state index in [0.717, 1.165) is 24.9 Å². The summed E-state index contributed by atoms with van der Waals surface area (Å²) >= 11 is 0. The fourth-order valence-electron chi connectivity index (χ4n) is 3.18. The predicted molar refractivity (Wildman–Crippen MR) is 95.9 cm³/mol. The Morgan fingerprint density at radius 2 is 1.88 bits per heavy atom. The highest BCUT2D eigenvalue weighted by atomic mass is 19.1. The van der Waals surface area contributed by atoms with Crippen LogP contribution in [-0.2, 0) is 13.0 Å². The predicted octanol–water partition coefficient (Wildman–Crippen LogP) is 3.27. The number of fused-ring (bicyclic) bond motifs is 1. The van der Waals surface area contributed by atoms with Crippen LogP contribution in [0.25, 0.3) is 10.9 Å². The molecule has 5 heteroatoms. The van der Waals surface area contributed by atoms with E-state index in [1.807, 2.05) is 30.3 Å². The normalized spacial score (nSPS) is 14.3. The molecular weight excluding hydrogens is 317 g/mol. The first-order valence-corrected chi connectivity index (χ1v) is 8.66. The van der Waals surface area contributed by atoms with Gasteiger partial charge in [-0.15, -0.1) is 0 Å². The molecule has 1 saturated carbocycles. The molecule has 2 aromatic carbocycles. The molecule has 1 aliphatic carbocycles. The van der Waals surface area contributed by atoms with Gasteiger partial charge >= 0.3 is 0 Å². The van der Waals surface area contributed by atoms with Crippen molar-refractivity contribution in [3.63, 3.8) is 0 Å². The van der Waals surface area contributed by atoms with Gasteiger partial charge in [-0.3, -0.25) is 9.69 Å². The Hall–Kier alpha value is -2.53. The lowest BCUT2D eigenvalue weighted by molar-refractivity contribution is 0.253. The second-order valence-electron chi connectivity index (χ2n) is 6.57. The van der Waals surface area contributed by atoms with Crippen molar-refractivity contribution >= 4 is 10.9 Å². The van der Waals surface area contributed by atoms with Crippen LogP contribution in [0.4, 0.5) is 4.39 Å². The van der Waals surface area contributed by atoms with Gasteiger partial charge in [0.25, 0.3) is 5.56 Å². The molecule has 1 heterocycles. The number of hydrogen-bond donors (Lipinski definition) is 1. The third-order valence-corrected chi connectivity index (χ3v) is 4.69. The number of para-hydroxylation sites is 1. The molecular formula is C20H20FN3O. The molecule has 3 aromatic rings. The van der Waals surface area contributed by atoms with Crippen LogP contribution in [0.2, 0.25) is 0 Å². The summed E-state index contributed by atoms with van der Waals surface area (Å²) in [5.41, 5.74) is 1.33. The molecule has 128 valence electrons. The molecule has 1 aliphatic rings. The zero-order valence-corrected chi connectivity index (χ0v) is 13.9. The minimum absolute atomic E-state index is 0.104. The van der Waals surface area contributed by atoms with E-state index in [9.17, 15) is 9.18 Å². The summed E-state index contributed by atoms with van der Waals surface area (Å²) in [5, 5.41) is 0.608. The van der Waals surface area contributed by atoms with Crippen LogP contribution in [0.5, 0.6) is 0 Å². The highest BCUT2D eigenvalue weighted by Crippen LogP contribution is 2.28. The molecule has 1 aromatic heterocycles. The number of halogens is 1. The van der Waals surface area contributed by atoms with Gasteiger partial charge in [0, 0.05) is 31.1 Å². The molecule has 0 spiro atoms. The second kappa shape index (κ2) is 6.76. The molecule has 0 radical (unpaired) electrons. The van der Waals surface area contributed by atoms with Gasteiger partial charge in [0.05, 0.1) is 10.9 Å². The SMILES string of the molecule is O=c1[nH]c(CCN(Cc2ccccc2F)C2CC2)nc2ccccc12. The van der Waals surface area contributed by atoms with Crippen molar-refractivity contribution in [2.75, 3.05) is 6.54 Å². The van der Waals surface area contributed by atoms with Gasteiger partial charge in [0.15, 0.2) is 0 Å². The topological polar surface area (TPSA) is 49.0 Å². The molecule has 0 unspecified atom stereocenters. The number of nitrogens with one attached hydrogen (secondary N) is 1. The Morgan fingerprint density at radius 3 is 2.68 bits per heavy atom. The Bertz CT molecular complexity index is 949. The van der Waals surface area contributed by atoms with E-state index in [2.05, 4.69) is 14.9 Å². The van der Waals surface area contributed by atoms with Crippen molar-refractivity contribution in [3.8, 4) is 0 Å². The first-order chi connectivity index (χ1) is 12.2. The molecule has 0 bridgehead atoms. The largest absolute Gasteiger partial charge is 0.310 e. The van der Waals surface area contributed by atoms with Gasteiger partial charge in [-0.25, -0.2) is 9.37 Å². The number of aromatic nitrogens is 2. The average molecular weight is 337 g/mol. The minimum Gasteiger partial charge on any atom is -0.310 e. The maximum atomic E-state index is 13.9. The molecule has 0 aliphatic heterocycles. The van der Waals surface area contributed by atoms with E-state index in [1.165, 1.54) is 6.07 Å². The summed E-state index contributed by atoms with van der Waals surface area (Å²) in [4.78, 5) is 21.9. The zero-order chi connectivity index (χ0) is 17.2. The lowest BCUT2D eigenvalue weighted by Crippen LogP contribution is -2.29. The number of aromatic amines is 1. The van der Waals surface area contributed by atoms with Crippen molar-refractivity contribution in [1.29, 1.82) is 0 Å². The smallest absolute Gasteiger partial charge is 0.258 e. The second-order valence-corrected chi connectivity index (χ2v) is 6.57. The van der Waals surface area contributed by atoms with Crippen LogP contribution < -0.4 is 5.56 Å². The lowest BCUT2D eigenvalue weighted by Gasteiger charge is -2.22. The maximum absolute atomic E-state index is 13.9. The Labute approximate surface area is 145 Å². The van der Waals surface area contributed by atoms with Crippen LogP contribution >= 0.6 is 0 Å². The summed E-state index contributed by atoms with van der Waals surface area (Å²) in [5.74, 6) is 0.522. The van der Waals surface area contributed by atoms with Crippen LogP contribution in [0, 0.1) is 5.82 Å². The quantitative estimate of drug-likeness (QED) is 0.751. The number of benzene rings is 2. The average Bonchev–Trinajstić information content (AvgIpc) is 3.45. The van der Waals surface area contributed by atoms with Gasteiger partial charge in [-0.05, 0) is 31.0 Å². The van der Waals surface area contributed by atoms with Crippen molar-refractivity contribution in [1.82, 2.24) is 14.9 Å². The summed E-state index contributed by atoms with van der Waals surface area (Å²) < 4.78 is 13.9. The minimum atomic E-state index is -0.162. The molecule has 0 amide bonds. The van der Waals surface area contributed by atoms with Crippen molar-refractivity contribution in [3.05, 3.63) is 76.1 Å². The summed E-state index contributed by atoms with van der Waals surface area (Å²) in [6, 6.07) is 14.8. The standard InChI is InChI=1S/C20H20FN3O/c21-17-7-3-1-5-14(17)13-24(15-9-10-15)12-11-19-22-18-8-4-2-6-16(18)20(25)23-19/h1-8,15H,9-13H2,(H,22,23,25). The van der Waals surface area contributed by atoms with Gasteiger partial charge in [-0.2, -0.15) is 0 Å². The van der Waals surface area contributed by atoms with Crippen LogP contribution in [0.3, 0.4) is 0 Å². The van der Waals surface area contributed by atoms with E-state index in [0.29, 0.717) is 35.7 Å². The highest BCUT2D eigenvalue weighted by Gasteiger charge is 2.29. The first kappa shape index (κ1) is 16.0. The molecule has 4 rings (SSSR count). The van der Waals surface area contributed by atoms with E-state index < -0.39 is 0 Å². The van der Waals surface area contributed by atoms with E-state index in [1.54, 1.807) is 12.1 Å². The molecule has 1 fully saturated rings. The van der Waals surface area contributed by atoms with Crippen LogP contribution in [0.1, 0.15) is 24.2 Å². The van der Waals surface area contributed by atoms with Gasteiger partial charge in [-0.1, -0.05) is 30.3 Å². The third-order valence-electron chi connectivity index (χ3n) is 4.69. The van der Waals surface area contributed by atoms with Crippen molar-refractivity contribution < 1.29 is 4.39 Å². The van der Waals surface area contributed by atoms with Gasteiger partial charge < -0.3 is 4.98 Å². The number of nitrogens with zero attached hydrogens (tertiary/aromatic N) is 2. The van der Waals surface area contributed by atoms with E-state index >= 15 is 0 Å². The van der Waals surface area contributed by atoms with Gasteiger partial charge in [0.2, 0.25) is 0 Å². The summed E-state index contributed by atoms with van der Waals surface area (Å²) in [6.45, 7) is 1.34. The third kappa shape index (κ3) is 3.61. The van der Waals surface area contributed by atoms with Crippen LogP contribution in [0.15, 0.2) is 53.3 Å². The number of H-pyrrole nitrogens is 1. The molecule has 0 saturated heterocycles. The Kier molecular flexibility index (Phi) is 4.32. The molecule has 0 atom stereocenters. The van der Waals surface area contributed by atoms with Gasteiger partial charge in [0.1, 0.15) is 11.6 Å². The van der Waals surface area contributed by atoms with E-state index in [4.69, 9.17) is 0 Å². The summed E-state index contributed by atoms with van der Waals surface area (Å²) in [7, 11) is 0. The zero-order valence-electron chi connectivity index (χ0n) is 13.9. The number of hydrogen-bond acceptors (Lipinski definition) is 3. The molecule has 4 nitrogen and oxygen atoms in total. The Balaban J connectivity index is 1.50. The highest BCUT2D eigenvalue weighted by molar-refractivity contribution is 5.77. The lowest BCUT2D eigenvalue weighted by atomic mass is 10.2. The van der Waals surface area contributed by atoms with Crippen molar-refractivity contribution in [2.45, 2.75) is 31.8 Å². The maximum Gasteiger partial charge on any atom is 0.258 e. The fraction of sp³-hybridized carbons (Fsp3) is 0.300. The molecule has 1 N–H and O–H groups in total. The first-order valence-electron chi connectivity index (χ1n) is 8.66. The van der Waals surface area contributed by atoms with Crippen molar-refractivity contribution in [2.24, 2.45) is 0 Å². The van der Waals surface area contributed by atoms with Crippen LogP contribution in [-0.4, -0.2) is 27.5 Å². The Morgan fingerprint density at radius 1 is 1.12 bits per heavy atom. The monoisotopic (exact) mass is 337 g/mol. The number of rotatable bonds is 6. The van der Waals surface area contributed by atoms with E-state index in [-0.39, 0.29) is 11.4 Å². The fourth-order valence-corrected chi connectivity index (χ4v) is 3.18. The molecule has 25 heavy (non-hydrogen) atoms.